The average Bonchev–Trinajstić information content (AvgIpc) is 2.89. The summed E-state index contributed by atoms with van der Waals surface area (Å²) in [6.07, 6.45) is 3.33. The third kappa shape index (κ3) is 4.43. The number of nitrogens with two attached hydrogens (primary N) is 1. The molecule has 0 saturated carbocycles. The van der Waals surface area contributed by atoms with Gasteiger partial charge in [-0.3, -0.25) is 14.5 Å². The number of nitrogens with zero attached hydrogens (tertiary/aromatic N) is 1. The Hall–Kier alpha value is -3.96. The summed E-state index contributed by atoms with van der Waals surface area (Å²) in [5.41, 5.74) is 11.9. The van der Waals surface area contributed by atoms with Crippen molar-refractivity contribution in [2.75, 3.05) is 13.1 Å². The molecule has 0 amide bonds. The third-order valence-corrected chi connectivity index (χ3v) is 6.49. The van der Waals surface area contributed by atoms with Crippen LogP contribution in [0.25, 0.3) is 5.57 Å². The molecule has 0 unspecified atom stereocenters. The SMILES string of the molecule is NC1=C(NCc2ccc(C3=CCN(Cc4ccccc4)CC3)cc2)C(=O)c2ccccc2C1=O. The van der Waals surface area contributed by atoms with Gasteiger partial charge in [-0.15, -0.1) is 0 Å². The van der Waals surface area contributed by atoms with Crippen molar-refractivity contribution in [3.05, 3.63) is 124 Å². The lowest BCUT2D eigenvalue weighted by Gasteiger charge is -2.26. The standard InChI is InChI=1S/C29H27N3O2/c30-26-27(29(34)25-9-5-4-8-24(25)28(26)33)31-18-20-10-12-22(13-11-20)23-14-16-32(17-15-23)19-21-6-2-1-3-7-21/h1-14,31H,15-19,30H2. The highest BCUT2D eigenvalue weighted by Gasteiger charge is 2.30. The first-order valence-corrected chi connectivity index (χ1v) is 11.6. The number of rotatable bonds is 6. The van der Waals surface area contributed by atoms with Gasteiger partial charge in [0, 0.05) is 37.3 Å². The van der Waals surface area contributed by atoms with Crippen LogP contribution in [0.4, 0.5) is 0 Å². The van der Waals surface area contributed by atoms with Gasteiger partial charge in [-0.2, -0.15) is 0 Å². The minimum absolute atomic E-state index is 0.0206. The Labute approximate surface area is 199 Å². The van der Waals surface area contributed by atoms with Crippen molar-refractivity contribution in [3.8, 4) is 0 Å². The summed E-state index contributed by atoms with van der Waals surface area (Å²) in [6, 6.07) is 25.7. The number of hydrogen-bond donors (Lipinski definition) is 2. The molecule has 170 valence electrons. The van der Waals surface area contributed by atoms with Crippen molar-refractivity contribution in [2.45, 2.75) is 19.5 Å². The number of benzene rings is 3. The van der Waals surface area contributed by atoms with Crippen molar-refractivity contribution < 1.29 is 9.59 Å². The van der Waals surface area contributed by atoms with Gasteiger partial charge in [-0.25, -0.2) is 0 Å². The van der Waals surface area contributed by atoms with Crippen molar-refractivity contribution in [2.24, 2.45) is 5.73 Å². The summed E-state index contributed by atoms with van der Waals surface area (Å²) in [5, 5.41) is 3.10. The number of fused-ring (bicyclic) bond motifs is 1. The van der Waals surface area contributed by atoms with Gasteiger partial charge in [0.1, 0.15) is 11.4 Å². The minimum Gasteiger partial charge on any atom is -0.394 e. The lowest BCUT2D eigenvalue weighted by Crippen LogP contribution is -2.33. The second kappa shape index (κ2) is 9.49. The summed E-state index contributed by atoms with van der Waals surface area (Å²) < 4.78 is 0. The Balaban J connectivity index is 1.21. The predicted octanol–water partition coefficient (Wildman–Crippen LogP) is 4.32. The molecule has 0 radical (unpaired) electrons. The van der Waals surface area contributed by atoms with E-state index in [9.17, 15) is 9.59 Å². The number of ketones is 2. The predicted molar refractivity (Wildman–Crippen MR) is 134 cm³/mol. The molecule has 5 rings (SSSR count). The lowest BCUT2D eigenvalue weighted by atomic mass is 9.90. The van der Waals surface area contributed by atoms with Crippen molar-refractivity contribution >= 4 is 17.1 Å². The van der Waals surface area contributed by atoms with Gasteiger partial charge in [-0.05, 0) is 28.7 Å². The molecule has 3 N–H and O–H groups in total. The van der Waals surface area contributed by atoms with Crippen LogP contribution in [0, 0.1) is 0 Å². The summed E-state index contributed by atoms with van der Waals surface area (Å²) in [6.45, 7) is 3.37. The highest BCUT2D eigenvalue weighted by Crippen LogP contribution is 2.25. The molecule has 3 aromatic carbocycles. The van der Waals surface area contributed by atoms with Crippen molar-refractivity contribution in [3.63, 3.8) is 0 Å². The summed E-state index contributed by atoms with van der Waals surface area (Å²) in [4.78, 5) is 27.8. The molecule has 0 bridgehead atoms. The monoisotopic (exact) mass is 449 g/mol. The molecule has 34 heavy (non-hydrogen) atoms. The molecule has 1 heterocycles. The molecule has 5 nitrogen and oxygen atoms in total. The van der Waals surface area contributed by atoms with Crippen LogP contribution in [-0.4, -0.2) is 29.6 Å². The van der Waals surface area contributed by atoms with Gasteiger partial charge in [0.05, 0.1) is 0 Å². The fraction of sp³-hybridized carbons (Fsp3) is 0.172. The summed E-state index contributed by atoms with van der Waals surface area (Å²) in [5.74, 6) is -0.546. The zero-order valence-corrected chi connectivity index (χ0v) is 19.0. The molecule has 0 saturated heterocycles. The zero-order chi connectivity index (χ0) is 23.5. The van der Waals surface area contributed by atoms with E-state index >= 15 is 0 Å². The van der Waals surface area contributed by atoms with E-state index in [4.69, 9.17) is 5.73 Å². The van der Waals surface area contributed by atoms with E-state index in [2.05, 4.69) is 64.8 Å². The summed E-state index contributed by atoms with van der Waals surface area (Å²) in [7, 11) is 0. The lowest BCUT2D eigenvalue weighted by molar-refractivity contribution is 0.0967. The number of carbonyl (C=O) groups is 2. The fourth-order valence-electron chi connectivity index (χ4n) is 4.56. The van der Waals surface area contributed by atoms with Crippen LogP contribution in [0.3, 0.4) is 0 Å². The van der Waals surface area contributed by atoms with E-state index in [0.717, 1.165) is 31.6 Å². The molecular formula is C29H27N3O2. The van der Waals surface area contributed by atoms with Crippen molar-refractivity contribution in [1.29, 1.82) is 0 Å². The molecule has 3 aromatic rings. The van der Waals surface area contributed by atoms with Crippen LogP contribution in [0.5, 0.6) is 0 Å². The van der Waals surface area contributed by atoms with E-state index < -0.39 is 0 Å². The van der Waals surface area contributed by atoms with Gasteiger partial charge in [0.2, 0.25) is 11.6 Å². The first-order valence-electron chi connectivity index (χ1n) is 11.6. The Morgan fingerprint density at radius 3 is 2.15 bits per heavy atom. The third-order valence-electron chi connectivity index (χ3n) is 6.49. The first-order chi connectivity index (χ1) is 16.6. The van der Waals surface area contributed by atoms with Gasteiger partial charge in [0.25, 0.3) is 0 Å². The van der Waals surface area contributed by atoms with Gasteiger partial charge in [0.15, 0.2) is 0 Å². The van der Waals surface area contributed by atoms with Crippen LogP contribution >= 0.6 is 0 Å². The molecular weight excluding hydrogens is 422 g/mol. The second-order valence-corrected chi connectivity index (χ2v) is 8.74. The fourth-order valence-corrected chi connectivity index (χ4v) is 4.56. The van der Waals surface area contributed by atoms with Crippen LogP contribution in [0.2, 0.25) is 0 Å². The Kier molecular flexibility index (Phi) is 6.11. The molecule has 0 aromatic heterocycles. The van der Waals surface area contributed by atoms with Crippen LogP contribution in [0.15, 0.2) is 96.3 Å². The number of Topliss-reactive ketones (excluding diaryl/α,β-unsaturated/α-hetero) is 2. The quantitative estimate of drug-likeness (QED) is 0.586. The van der Waals surface area contributed by atoms with Gasteiger partial charge >= 0.3 is 0 Å². The number of nitrogens with one attached hydrogen (secondary N) is 1. The van der Waals surface area contributed by atoms with Gasteiger partial charge < -0.3 is 11.1 Å². The smallest absolute Gasteiger partial charge is 0.211 e. The topological polar surface area (TPSA) is 75.4 Å². The largest absolute Gasteiger partial charge is 0.394 e. The van der Waals surface area contributed by atoms with E-state index in [1.807, 2.05) is 6.07 Å². The summed E-state index contributed by atoms with van der Waals surface area (Å²) >= 11 is 0. The van der Waals surface area contributed by atoms with E-state index in [0.29, 0.717) is 17.7 Å². The number of hydrogen-bond acceptors (Lipinski definition) is 5. The highest BCUT2D eigenvalue weighted by atomic mass is 16.1. The first kappa shape index (κ1) is 21.9. The van der Waals surface area contributed by atoms with Crippen LogP contribution < -0.4 is 11.1 Å². The molecule has 1 aliphatic heterocycles. The Morgan fingerprint density at radius 1 is 0.794 bits per heavy atom. The Bertz CT molecular complexity index is 1290. The molecule has 2 aliphatic rings. The van der Waals surface area contributed by atoms with E-state index in [-0.39, 0.29) is 23.0 Å². The zero-order valence-electron chi connectivity index (χ0n) is 19.0. The normalized spacial score (nSPS) is 16.3. The van der Waals surface area contributed by atoms with Gasteiger partial charge in [-0.1, -0.05) is 84.9 Å². The molecule has 5 heteroatoms. The maximum atomic E-state index is 12.8. The van der Waals surface area contributed by atoms with Crippen molar-refractivity contribution in [1.82, 2.24) is 10.2 Å². The number of carbonyl (C=O) groups excluding carboxylic acids is 2. The Morgan fingerprint density at radius 2 is 1.47 bits per heavy atom. The van der Waals surface area contributed by atoms with E-state index in [1.165, 1.54) is 16.7 Å². The average molecular weight is 450 g/mol. The molecule has 1 aliphatic carbocycles. The molecule has 0 atom stereocenters. The second-order valence-electron chi connectivity index (χ2n) is 8.74. The molecule has 0 fully saturated rings. The highest BCUT2D eigenvalue weighted by molar-refractivity contribution is 6.26. The number of allylic oxidation sites excluding steroid dienone is 2. The maximum Gasteiger partial charge on any atom is 0.211 e. The maximum absolute atomic E-state index is 12.8. The van der Waals surface area contributed by atoms with Crippen LogP contribution in [0.1, 0.15) is 43.8 Å². The van der Waals surface area contributed by atoms with E-state index in [1.54, 1.807) is 24.3 Å². The van der Waals surface area contributed by atoms with Crippen LogP contribution in [-0.2, 0) is 13.1 Å². The molecule has 0 spiro atoms. The minimum atomic E-state index is -0.307.